The Morgan fingerprint density at radius 3 is 2.52 bits per heavy atom. The molecule has 1 atom stereocenters. The molecule has 128 valence electrons. The summed E-state index contributed by atoms with van der Waals surface area (Å²) in [6.45, 7) is 8.20. The van der Waals surface area contributed by atoms with Gasteiger partial charge in [0.05, 0.1) is 0 Å². The molecule has 6 heteroatoms. The molecule has 0 aromatic carbocycles. The molecule has 1 aromatic heterocycles. The molecule has 0 radical (unpaired) electrons. The zero-order valence-electron chi connectivity index (χ0n) is 14.4. The number of anilines is 1. The van der Waals surface area contributed by atoms with Crippen molar-refractivity contribution in [3.8, 4) is 0 Å². The highest BCUT2D eigenvalue weighted by Gasteiger charge is 2.22. The second kappa shape index (κ2) is 9.33. The number of nitrogens with one attached hydrogen (secondary N) is 1. The number of hydrogen-bond donors (Lipinski definition) is 1. The fourth-order valence-electron chi connectivity index (χ4n) is 2.85. The van der Waals surface area contributed by atoms with Crippen molar-refractivity contribution < 1.29 is 4.79 Å². The third-order valence-electron chi connectivity index (χ3n) is 4.49. The third kappa shape index (κ3) is 5.37. The maximum absolute atomic E-state index is 12.3. The van der Waals surface area contributed by atoms with Gasteiger partial charge in [-0.05, 0) is 18.4 Å². The van der Waals surface area contributed by atoms with E-state index in [0.717, 1.165) is 45.1 Å². The van der Waals surface area contributed by atoms with E-state index in [9.17, 15) is 4.79 Å². The summed E-state index contributed by atoms with van der Waals surface area (Å²) in [7, 11) is 0. The highest BCUT2D eigenvalue weighted by atomic mass is 16.2. The van der Waals surface area contributed by atoms with Crippen LogP contribution in [-0.2, 0) is 0 Å². The molecule has 1 N–H and O–H groups in total. The maximum atomic E-state index is 12.3. The quantitative estimate of drug-likeness (QED) is 0.839. The summed E-state index contributed by atoms with van der Waals surface area (Å²) in [5.41, 5.74) is 0. The van der Waals surface area contributed by atoms with Crippen molar-refractivity contribution in [1.82, 2.24) is 20.2 Å². The van der Waals surface area contributed by atoms with Crippen molar-refractivity contribution in [3.63, 3.8) is 0 Å². The minimum atomic E-state index is 0.0635. The molecule has 0 saturated carbocycles. The van der Waals surface area contributed by atoms with Crippen LogP contribution in [0.4, 0.5) is 10.7 Å². The van der Waals surface area contributed by atoms with Crippen molar-refractivity contribution in [2.24, 2.45) is 5.92 Å². The molecule has 2 amide bonds. The van der Waals surface area contributed by atoms with Gasteiger partial charge in [0, 0.05) is 45.1 Å². The van der Waals surface area contributed by atoms with Crippen LogP contribution in [0.5, 0.6) is 0 Å². The summed E-state index contributed by atoms with van der Waals surface area (Å²) in [5.74, 6) is 1.34. The first kappa shape index (κ1) is 17.5. The summed E-state index contributed by atoms with van der Waals surface area (Å²) in [6, 6.07) is 1.88. The van der Waals surface area contributed by atoms with Crippen LogP contribution in [-0.4, -0.2) is 53.6 Å². The van der Waals surface area contributed by atoms with Crippen LogP contribution in [0, 0.1) is 5.92 Å². The van der Waals surface area contributed by atoms with Crippen molar-refractivity contribution in [3.05, 3.63) is 18.5 Å². The Morgan fingerprint density at radius 2 is 1.91 bits per heavy atom. The van der Waals surface area contributed by atoms with Crippen molar-refractivity contribution >= 4 is 12.0 Å². The summed E-state index contributed by atoms with van der Waals surface area (Å²) in [4.78, 5) is 24.9. The first-order valence-electron chi connectivity index (χ1n) is 8.79. The lowest BCUT2D eigenvalue weighted by Crippen LogP contribution is -2.52. The van der Waals surface area contributed by atoms with Gasteiger partial charge in [0.25, 0.3) is 0 Å². The van der Waals surface area contributed by atoms with Crippen molar-refractivity contribution in [2.75, 3.05) is 37.6 Å². The summed E-state index contributed by atoms with van der Waals surface area (Å²) in [5, 5.41) is 3.10. The molecule has 1 unspecified atom stereocenters. The molecular formula is C17H29N5O. The van der Waals surface area contributed by atoms with Crippen LogP contribution in [0.15, 0.2) is 18.5 Å². The van der Waals surface area contributed by atoms with Gasteiger partial charge >= 0.3 is 6.03 Å². The van der Waals surface area contributed by atoms with Gasteiger partial charge in [0.2, 0.25) is 5.95 Å². The van der Waals surface area contributed by atoms with Gasteiger partial charge in [0.15, 0.2) is 0 Å². The third-order valence-corrected chi connectivity index (χ3v) is 4.49. The molecule has 1 aliphatic rings. The van der Waals surface area contributed by atoms with E-state index in [1.165, 1.54) is 19.3 Å². The Balaban J connectivity index is 1.73. The van der Waals surface area contributed by atoms with E-state index in [0.29, 0.717) is 5.92 Å². The Hall–Kier alpha value is -1.85. The standard InChI is InChI=1S/C17H29N5O/c1-3-5-7-15(4-2)14-20-17(23)22-12-10-21(11-13-22)16-18-8-6-9-19-16/h6,8-9,15H,3-5,7,10-14H2,1-2H3,(H,20,23). The number of aromatic nitrogens is 2. The molecule has 1 aromatic rings. The highest BCUT2D eigenvalue weighted by molar-refractivity contribution is 5.74. The maximum Gasteiger partial charge on any atom is 0.317 e. The Morgan fingerprint density at radius 1 is 1.22 bits per heavy atom. The van der Waals surface area contributed by atoms with Gasteiger partial charge < -0.3 is 15.1 Å². The molecule has 0 aliphatic carbocycles. The van der Waals surface area contributed by atoms with Gasteiger partial charge in [0.1, 0.15) is 0 Å². The fraction of sp³-hybridized carbons (Fsp3) is 0.706. The number of carbonyl (C=O) groups excluding carboxylic acids is 1. The van der Waals surface area contributed by atoms with Crippen LogP contribution in [0.2, 0.25) is 0 Å². The predicted octanol–water partition coefficient (Wildman–Crippen LogP) is 2.52. The monoisotopic (exact) mass is 319 g/mol. The Labute approximate surface area is 139 Å². The molecular weight excluding hydrogens is 290 g/mol. The van der Waals surface area contributed by atoms with Gasteiger partial charge in [-0.3, -0.25) is 0 Å². The molecule has 6 nitrogen and oxygen atoms in total. The van der Waals surface area contributed by atoms with Crippen LogP contribution in [0.25, 0.3) is 0 Å². The van der Waals surface area contributed by atoms with E-state index >= 15 is 0 Å². The number of piperazine rings is 1. The molecule has 23 heavy (non-hydrogen) atoms. The second-order valence-corrected chi connectivity index (χ2v) is 6.13. The Bertz CT molecular complexity index is 459. The van der Waals surface area contributed by atoms with Crippen molar-refractivity contribution in [1.29, 1.82) is 0 Å². The number of unbranched alkanes of at least 4 members (excludes halogenated alkanes) is 1. The number of amides is 2. The van der Waals surface area contributed by atoms with E-state index in [-0.39, 0.29) is 6.03 Å². The predicted molar refractivity (Wildman–Crippen MR) is 92.5 cm³/mol. The largest absolute Gasteiger partial charge is 0.338 e. The lowest BCUT2D eigenvalue weighted by molar-refractivity contribution is 0.191. The van der Waals surface area contributed by atoms with E-state index < -0.39 is 0 Å². The molecule has 0 bridgehead atoms. The smallest absolute Gasteiger partial charge is 0.317 e. The highest BCUT2D eigenvalue weighted by Crippen LogP contribution is 2.12. The molecule has 0 spiro atoms. The average Bonchev–Trinajstić information content (AvgIpc) is 2.62. The minimum absolute atomic E-state index is 0.0635. The minimum Gasteiger partial charge on any atom is -0.338 e. The van der Waals surface area contributed by atoms with Crippen molar-refractivity contribution in [2.45, 2.75) is 39.5 Å². The topological polar surface area (TPSA) is 61.4 Å². The molecule has 1 saturated heterocycles. The fourth-order valence-corrected chi connectivity index (χ4v) is 2.85. The first-order valence-corrected chi connectivity index (χ1v) is 8.79. The normalized spacial score (nSPS) is 16.3. The van der Waals surface area contributed by atoms with Crippen LogP contribution in [0.3, 0.4) is 0 Å². The first-order chi connectivity index (χ1) is 11.2. The number of rotatable bonds is 7. The molecule has 1 aliphatic heterocycles. The average molecular weight is 319 g/mol. The lowest BCUT2D eigenvalue weighted by atomic mass is 9.99. The van der Waals surface area contributed by atoms with E-state index in [1.807, 2.05) is 11.0 Å². The SMILES string of the molecule is CCCCC(CC)CNC(=O)N1CCN(c2ncccn2)CC1. The van der Waals surface area contributed by atoms with Gasteiger partial charge in [-0.15, -0.1) is 0 Å². The van der Waals surface area contributed by atoms with Gasteiger partial charge in [-0.2, -0.15) is 0 Å². The van der Waals surface area contributed by atoms with E-state index in [2.05, 4.69) is 34.0 Å². The summed E-state index contributed by atoms with van der Waals surface area (Å²) >= 11 is 0. The van der Waals surface area contributed by atoms with Gasteiger partial charge in [-0.1, -0.05) is 33.1 Å². The van der Waals surface area contributed by atoms with Crippen LogP contribution >= 0.6 is 0 Å². The summed E-state index contributed by atoms with van der Waals surface area (Å²) < 4.78 is 0. The zero-order valence-corrected chi connectivity index (χ0v) is 14.4. The van der Waals surface area contributed by atoms with Crippen LogP contribution < -0.4 is 10.2 Å². The number of nitrogens with zero attached hydrogens (tertiary/aromatic N) is 4. The van der Waals surface area contributed by atoms with Gasteiger partial charge in [-0.25, -0.2) is 14.8 Å². The second-order valence-electron chi connectivity index (χ2n) is 6.13. The lowest BCUT2D eigenvalue weighted by Gasteiger charge is -2.34. The zero-order chi connectivity index (χ0) is 16.5. The van der Waals surface area contributed by atoms with E-state index in [4.69, 9.17) is 0 Å². The molecule has 2 rings (SSSR count). The van der Waals surface area contributed by atoms with Crippen LogP contribution in [0.1, 0.15) is 39.5 Å². The summed E-state index contributed by atoms with van der Waals surface area (Å²) in [6.07, 6.45) is 8.29. The van der Waals surface area contributed by atoms with E-state index in [1.54, 1.807) is 12.4 Å². The molecule has 1 fully saturated rings. The number of urea groups is 1. The number of carbonyl (C=O) groups is 1. The number of hydrogen-bond acceptors (Lipinski definition) is 4. The Kier molecular flexibility index (Phi) is 7.10. The molecule has 2 heterocycles.